The Balaban J connectivity index is 1.59. The Labute approximate surface area is 230 Å². The van der Waals surface area contributed by atoms with Crippen LogP contribution in [0.3, 0.4) is 0 Å². The first kappa shape index (κ1) is 27.4. The Bertz CT molecular complexity index is 1180. The van der Waals surface area contributed by atoms with Crippen LogP contribution in [0.2, 0.25) is 0 Å². The number of carbonyl (C=O) groups is 3. The minimum absolute atomic E-state index is 0.0940. The first-order valence-corrected chi connectivity index (χ1v) is 14.0. The second kappa shape index (κ2) is 10.4. The molecule has 9 nitrogen and oxygen atoms in total. The summed E-state index contributed by atoms with van der Waals surface area (Å²) in [4.78, 5) is 47.7. The van der Waals surface area contributed by atoms with Crippen molar-refractivity contribution < 1.29 is 29.0 Å². The smallest absolute Gasteiger partial charge is 0.249 e. The monoisotopic (exact) mass is 537 g/mol. The predicted octanol–water partition coefficient (Wildman–Crippen LogP) is 2.39. The van der Waals surface area contributed by atoms with E-state index in [1.807, 2.05) is 83.2 Å². The lowest BCUT2D eigenvalue weighted by Gasteiger charge is -2.40. The molecule has 0 aromatic heterocycles. The highest BCUT2D eigenvalue weighted by atomic mass is 16.5. The zero-order chi connectivity index (χ0) is 28.1. The number of fused-ring (bicyclic) bond motifs is 2. The predicted molar refractivity (Wildman–Crippen MR) is 146 cm³/mol. The SMILES string of the molecule is CCOc1ccc(N2CC=C[C@H]3O[C@]45C=CCN(C(C)C)C(=O)C4N([C@@H](CO)C(C)C)C(=O)[C@@H]5[C@H]3C2=O)cc1. The number of amides is 3. The van der Waals surface area contributed by atoms with E-state index in [-0.39, 0.29) is 36.3 Å². The van der Waals surface area contributed by atoms with Crippen molar-refractivity contribution in [3.8, 4) is 5.75 Å². The number of ether oxygens (including phenoxy) is 2. The molecule has 2 saturated heterocycles. The molecule has 0 aliphatic carbocycles. The number of rotatable bonds is 7. The van der Waals surface area contributed by atoms with Gasteiger partial charge >= 0.3 is 0 Å². The van der Waals surface area contributed by atoms with Crippen LogP contribution in [-0.2, 0) is 19.1 Å². The maximum atomic E-state index is 14.4. The van der Waals surface area contributed by atoms with Gasteiger partial charge in [-0.1, -0.05) is 38.2 Å². The van der Waals surface area contributed by atoms with Crippen LogP contribution in [0.15, 0.2) is 48.6 Å². The van der Waals surface area contributed by atoms with Crippen molar-refractivity contribution in [1.82, 2.24) is 9.80 Å². The van der Waals surface area contributed by atoms with Gasteiger partial charge in [0.25, 0.3) is 0 Å². The molecule has 1 aromatic rings. The highest BCUT2D eigenvalue weighted by molar-refractivity contribution is 6.04. The van der Waals surface area contributed by atoms with Gasteiger partial charge < -0.3 is 29.3 Å². The average molecular weight is 538 g/mol. The molecule has 0 bridgehead atoms. The number of hydrogen-bond donors (Lipinski definition) is 1. The third kappa shape index (κ3) is 4.26. The summed E-state index contributed by atoms with van der Waals surface area (Å²) in [5.74, 6) is -1.87. The highest BCUT2D eigenvalue weighted by Gasteiger charge is 2.72. The molecule has 1 N–H and O–H groups in total. The van der Waals surface area contributed by atoms with Crippen LogP contribution in [0.1, 0.15) is 34.6 Å². The molecule has 0 radical (unpaired) electrons. The number of hydrogen-bond acceptors (Lipinski definition) is 6. The van der Waals surface area contributed by atoms with Gasteiger partial charge in [-0.3, -0.25) is 14.4 Å². The number of likely N-dealkylation sites (tertiary alicyclic amines) is 1. The van der Waals surface area contributed by atoms with Gasteiger partial charge in [0.15, 0.2) is 0 Å². The van der Waals surface area contributed by atoms with E-state index in [1.54, 1.807) is 9.80 Å². The van der Waals surface area contributed by atoms with Gasteiger partial charge in [-0.25, -0.2) is 0 Å². The Morgan fingerprint density at radius 3 is 2.36 bits per heavy atom. The van der Waals surface area contributed by atoms with Gasteiger partial charge in [0.1, 0.15) is 17.4 Å². The second-order valence-electron chi connectivity index (χ2n) is 11.4. The lowest BCUT2D eigenvalue weighted by molar-refractivity contribution is -0.152. The van der Waals surface area contributed by atoms with E-state index in [9.17, 15) is 19.5 Å². The lowest BCUT2D eigenvalue weighted by atomic mass is 9.77. The van der Waals surface area contributed by atoms with Crippen molar-refractivity contribution >= 4 is 23.4 Å². The quantitative estimate of drug-likeness (QED) is 0.537. The van der Waals surface area contributed by atoms with Crippen LogP contribution in [0.5, 0.6) is 5.75 Å². The van der Waals surface area contributed by atoms with Crippen molar-refractivity contribution in [3.05, 3.63) is 48.6 Å². The van der Waals surface area contributed by atoms with E-state index in [2.05, 4.69) is 0 Å². The number of carbonyl (C=O) groups excluding carboxylic acids is 3. The largest absolute Gasteiger partial charge is 0.494 e. The van der Waals surface area contributed by atoms with E-state index in [0.29, 0.717) is 31.1 Å². The Morgan fingerprint density at radius 2 is 1.74 bits per heavy atom. The summed E-state index contributed by atoms with van der Waals surface area (Å²) in [7, 11) is 0. The zero-order valence-electron chi connectivity index (χ0n) is 23.3. The molecule has 4 aliphatic rings. The van der Waals surface area contributed by atoms with Crippen LogP contribution in [0.25, 0.3) is 0 Å². The van der Waals surface area contributed by atoms with Crippen LogP contribution in [0, 0.1) is 17.8 Å². The molecule has 39 heavy (non-hydrogen) atoms. The van der Waals surface area contributed by atoms with E-state index in [1.165, 1.54) is 4.90 Å². The number of aliphatic hydroxyl groups is 1. The van der Waals surface area contributed by atoms with Gasteiger partial charge in [0.05, 0.1) is 37.2 Å². The molecule has 4 aliphatic heterocycles. The molecule has 210 valence electrons. The summed E-state index contributed by atoms with van der Waals surface area (Å²) in [6.07, 6.45) is 6.81. The molecule has 4 heterocycles. The molecule has 3 amide bonds. The van der Waals surface area contributed by atoms with E-state index >= 15 is 0 Å². The summed E-state index contributed by atoms with van der Waals surface area (Å²) in [5, 5.41) is 10.4. The van der Waals surface area contributed by atoms with Gasteiger partial charge in [0, 0.05) is 24.8 Å². The fraction of sp³-hybridized carbons (Fsp3) is 0.567. The third-order valence-corrected chi connectivity index (χ3v) is 8.52. The minimum atomic E-state index is -1.31. The summed E-state index contributed by atoms with van der Waals surface area (Å²) in [6, 6.07) is 5.67. The standard InChI is InChI=1S/C30H39N3O6/c1-6-38-21-12-10-20(11-13-21)32-15-7-9-23-24(27(32)35)25-28(36)33(22(17-34)18(2)3)26-29(37)31(19(4)5)16-8-14-30(25,26)39-23/h7-14,18-19,22-26,34H,6,15-17H2,1-5H3/t22-,23+,24-,25-,26?,30-/m0/s1. The molecule has 1 aromatic carbocycles. The number of nitrogens with zero attached hydrogens (tertiary/aromatic N) is 3. The molecule has 9 heteroatoms. The summed E-state index contributed by atoms with van der Waals surface area (Å²) >= 11 is 0. The molecule has 5 rings (SSSR count). The van der Waals surface area contributed by atoms with Gasteiger partial charge in [-0.15, -0.1) is 0 Å². The lowest BCUT2D eigenvalue weighted by Crippen LogP contribution is -2.59. The molecular formula is C30H39N3O6. The normalized spacial score (nSPS) is 31.0. The first-order chi connectivity index (χ1) is 18.7. The van der Waals surface area contributed by atoms with Crippen LogP contribution < -0.4 is 9.64 Å². The van der Waals surface area contributed by atoms with Crippen LogP contribution in [0.4, 0.5) is 5.69 Å². The molecule has 6 atom stereocenters. The number of aliphatic hydroxyl groups excluding tert-OH is 1. The van der Waals surface area contributed by atoms with Crippen molar-refractivity contribution in [2.75, 3.05) is 31.2 Å². The van der Waals surface area contributed by atoms with Gasteiger partial charge in [0.2, 0.25) is 17.7 Å². The Morgan fingerprint density at radius 1 is 1.03 bits per heavy atom. The summed E-state index contributed by atoms with van der Waals surface area (Å²) < 4.78 is 12.2. The van der Waals surface area contributed by atoms with E-state index in [4.69, 9.17) is 9.47 Å². The fourth-order valence-electron chi connectivity index (χ4n) is 6.66. The van der Waals surface area contributed by atoms with Crippen molar-refractivity contribution in [2.45, 2.75) is 64.4 Å². The van der Waals surface area contributed by atoms with Crippen molar-refractivity contribution in [3.63, 3.8) is 0 Å². The van der Waals surface area contributed by atoms with E-state index < -0.39 is 35.6 Å². The summed E-state index contributed by atoms with van der Waals surface area (Å²) in [5.41, 5.74) is -0.612. The van der Waals surface area contributed by atoms with Gasteiger partial charge in [-0.2, -0.15) is 0 Å². The topological polar surface area (TPSA) is 99.6 Å². The zero-order valence-corrected chi connectivity index (χ0v) is 23.3. The molecular weight excluding hydrogens is 498 g/mol. The summed E-state index contributed by atoms with van der Waals surface area (Å²) in [6.45, 7) is 10.6. The maximum Gasteiger partial charge on any atom is 0.249 e. The highest BCUT2D eigenvalue weighted by Crippen LogP contribution is 2.54. The number of benzene rings is 1. The molecule has 2 fully saturated rings. The van der Waals surface area contributed by atoms with Crippen LogP contribution >= 0.6 is 0 Å². The van der Waals surface area contributed by atoms with Crippen molar-refractivity contribution in [2.24, 2.45) is 17.8 Å². The minimum Gasteiger partial charge on any atom is -0.494 e. The third-order valence-electron chi connectivity index (χ3n) is 8.52. The second-order valence-corrected chi connectivity index (χ2v) is 11.4. The first-order valence-electron chi connectivity index (χ1n) is 14.0. The Hall–Kier alpha value is -3.17. The molecule has 1 spiro atoms. The average Bonchev–Trinajstić information content (AvgIpc) is 3.20. The van der Waals surface area contributed by atoms with Gasteiger partial charge in [-0.05, 0) is 51.0 Å². The Kier molecular flexibility index (Phi) is 7.33. The molecule has 0 saturated carbocycles. The molecule has 1 unspecified atom stereocenters. The van der Waals surface area contributed by atoms with E-state index in [0.717, 1.165) is 0 Å². The fourth-order valence-corrected chi connectivity index (χ4v) is 6.66. The van der Waals surface area contributed by atoms with Crippen LogP contribution in [-0.4, -0.2) is 88.8 Å². The maximum absolute atomic E-state index is 14.4. The van der Waals surface area contributed by atoms with Crippen molar-refractivity contribution in [1.29, 1.82) is 0 Å². The number of anilines is 1.